The Kier molecular flexibility index (Phi) is 6.48. The normalized spacial score (nSPS) is 13.2. The molecule has 3 N–H and O–H groups in total. The number of benzene rings is 1. The monoisotopic (exact) mass is 297 g/mol. The third-order valence-electron chi connectivity index (χ3n) is 3.09. The molecule has 0 atom stereocenters. The molecular weight excluding hydrogens is 278 g/mol. The van der Waals surface area contributed by atoms with Crippen molar-refractivity contribution in [3.63, 3.8) is 0 Å². The highest BCUT2D eigenvalue weighted by Crippen LogP contribution is 2.27. The Morgan fingerprint density at radius 3 is 2.60 bits per heavy atom. The van der Waals surface area contributed by atoms with Gasteiger partial charge in [0.25, 0.3) is 5.91 Å². The molecule has 0 radical (unpaired) electrons. The average molecular weight is 298 g/mol. The van der Waals surface area contributed by atoms with Crippen molar-refractivity contribution in [2.24, 2.45) is 5.92 Å². The van der Waals surface area contributed by atoms with Crippen molar-refractivity contribution >= 4 is 29.9 Å². The Morgan fingerprint density at radius 1 is 1.25 bits per heavy atom. The van der Waals surface area contributed by atoms with Crippen LogP contribution in [-0.2, 0) is 4.79 Å². The number of nitrogens with one attached hydrogen (secondary N) is 3. The lowest BCUT2D eigenvalue weighted by Gasteiger charge is -2.10. The second-order valence-electron chi connectivity index (χ2n) is 4.75. The molecule has 0 saturated heterocycles. The zero-order chi connectivity index (χ0) is 13.7. The molecule has 0 unspecified atom stereocenters. The van der Waals surface area contributed by atoms with Gasteiger partial charge >= 0.3 is 0 Å². The van der Waals surface area contributed by atoms with Crippen molar-refractivity contribution < 1.29 is 9.59 Å². The van der Waals surface area contributed by atoms with Gasteiger partial charge in [0, 0.05) is 7.05 Å². The van der Waals surface area contributed by atoms with Gasteiger partial charge in [0.05, 0.1) is 17.8 Å². The quantitative estimate of drug-likeness (QED) is 0.743. The molecule has 2 rings (SSSR count). The molecular formula is C14H20ClN3O2. The molecule has 6 heteroatoms. The van der Waals surface area contributed by atoms with Gasteiger partial charge in [-0.25, -0.2) is 0 Å². The van der Waals surface area contributed by atoms with Gasteiger partial charge in [-0.1, -0.05) is 12.1 Å². The summed E-state index contributed by atoms with van der Waals surface area (Å²) in [4.78, 5) is 23.4. The van der Waals surface area contributed by atoms with E-state index >= 15 is 0 Å². The highest BCUT2D eigenvalue weighted by atomic mass is 35.5. The van der Waals surface area contributed by atoms with Crippen LogP contribution in [0.25, 0.3) is 0 Å². The number of hydrogen-bond acceptors (Lipinski definition) is 3. The van der Waals surface area contributed by atoms with Crippen LogP contribution in [0, 0.1) is 5.92 Å². The van der Waals surface area contributed by atoms with Crippen molar-refractivity contribution in [1.29, 1.82) is 0 Å². The van der Waals surface area contributed by atoms with Crippen LogP contribution in [0.15, 0.2) is 24.3 Å². The van der Waals surface area contributed by atoms with E-state index in [1.807, 2.05) is 0 Å². The van der Waals surface area contributed by atoms with E-state index in [1.165, 1.54) is 12.8 Å². The lowest BCUT2D eigenvalue weighted by Crippen LogP contribution is -2.30. The molecule has 0 aliphatic heterocycles. The zero-order valence-corrected chi connectivity index (χ0v) is 12.3. The lowest BCUT2D eigenvalue weighted by atomic mass is 10.1. The van der Waals surface area contributed by atoms with Crippen LogP contribution in [0.4, 0.5) is 5.69 Å². The lowest BCUT2D eigenvalue weighted by molar-refractivity contribution is -0.115. The maximum absolute atomic E-state index is 11.8. The van der Waals surface area contributed by atoms with Gasteiger partial charge in [-0.15, -0.1) is 12.4 Å². The summed E-state index contributed by atoms with van der Waals surface area (Å²) in [6.07, 6.45) is 2.52. The summed E-state index contributed by atoms with van der Waals surface area (Å²) in [7, 11) is 1.57. The standard InChI is InChI=1S/C14H19N3O2.ClH/c1-15-14(19)11-4-2-3-5-12(11)17-13(18)9-16-8-10-6-7-10;/h2-5,10,16H,6-9H2,1H3,(H,15,19)(H,17,18);1H. The summed E-state index contributed by atoms with van der Waals surface area (Å²) >= 11 is 0. The molecule has 2 amide bonds. The number of rotatable bonds is 6. The topological polar surface area (TPSA) is 70.2 Å². The van der Waals surface area contributed by atoms with Crippen LogP contribution in [0.2, 0.25) is 0 Å². The first-order valence-electron chi connectivity index (χ1n) is 6.52. The molecule has 0 bridgehead atoms. The molecule has 0 aromatic heterocycles. The minimum atomic E-state index is -0.207. The van der Waals surface area contributed by atoms with Crippen molar-refractivity contribution in [2.75, 3.05) is 25.5 Å². The SMILES string of the molecule is CNC(=O)c1ccccc1NC(=O)CNCC1CC1.Cl. The van der Waals surface area contributed by atoms with Crippen LogP contribution in [0.5, 0.6) is 0 Å². The third-order valence-corrected chi connectivity index (χ3v) is 3.09. The first-order chi connectivity index (χ1) is 9.20. The van der Waals surface area contributed by atoms with E-state index in [2.05, 4.69) is 16.0 Å². The summed E-state index contributed by atoms with van der Waals surface area (Å²) in [5, 5.41) is 8.43. The van der Waals surface area contributed by atoms with Crippen molar-refractivity contribution in [2.45, 2.75) is 12.8 Å². The summed E-state index contributed by atoms with van der Waals surface area (Å²) in [5.74, 6) is 0.407. The number of halogens is 1. The molecule has 1 saturated carbocycles. The van der Waals surface area contributed by atoms with E-state index < -0.39 is 0 Å². The molecule has 0 heterocycles. The molecule has 1 fully saturated rings. The summed E-state index contributed by atoms with van der Waals surface area (Å²) < 4.78 is 0. The summed E-state index contributed by atoms with van der Waals surface area (Å²) in [5.41, 5.74) is 1.01. The van der Waals surface area contributed by atoms with Gasteiger partial charge in [0.1, 0.15) is 0 Å². The molecule has 1 aromatic rings. The smallest absolute Gasteiger partial charge is 0.253 e. The number of hydrogen-bond donors (Lipinski definition) is 3. The van der Waals surface area contributed by atoms with E-state index in [0.717, 1.165) is 12.5 Å². The van der Waals surface area contributed by atoms with Gasteiger partial charge < -0.3 is 16.0 Å². The van der Waals surface area contributed by atoms with Gasteiger partial charge in [-0.05, 0) is 37.4 Å². The maximum Gasteiger partial charge on any atom is 0.253 e. The molecule has 1 aliphatic rings. The molecule has 110 valence electrons. The summed E-state index contributed by atoms with van der Waals surface area (Å²) in [6, 6.07) is 6.97. The number of para-hydroxylation sites is 1. The van der Waals surface area contributed by atoms with Crippen molar-refractivity contribution in [1.82, 2.24) is 10.6 Å². The van der Waals surface area contributed by atoms with Gasteiger partial charge in [0.15, 0.2) is 0 Å². The molecule has 20 heavy (non-hydrogen) atoms. The van der Waals surface area contributed by atoms with Crippen LogP contribution >= 0.6 is 12.4 Å². The minimum absolute atomic E-state index is 0. The van der Waals surface area contributed by atoms with Crippen LogP contribution in [0.1, 0.15) is 23.2 Å². The average Bonchev–Trinajstić information content (AvgIpc) is 3.22. The highest BCUT2D eigenvalue weighted by molar-refractivity contribution is 6.03. The van der Waals surface area contributed by atoms with E-state index in [-0.39, 0.29) is 30.8 Å². The van der Waals surface area contributed by atoms with E-state index in [0.29, 0.717) is 11.3 Å². The van der Waals surface area contributed by atoms with Crippen LogP contribution in [0.3, 0.4) is 0 Å². The predicted octanol–water partition coefficient (Wildman–Crippen LogP) is 1.41. The first-order valence-corrected chi connectivity index (χ1v) is 6.52. The Morgan fingerprint density at radius 2 is 1.95 bits per heavy atom. The molecule has 1 aromatic carbocycles. The van der Waals surface area contributed by atoms with Gasteiger partial charge in [-0.2, -0.15) is 0 Å². The number of carbonyl (C=O) groups excluding carboxylic acids is 2. The molecule has 0 spiro atoms. The highest BCUT2D eigenvalue weighted by Gasteiger charge is 2.20. The second kappa shape index (κ2) is 7.87. The van der Waals surface area contributed by atoms with Crippen molar-refractivity contribution in [3.8, 4) is 0 Å². The number of carbonyl (C=O) groups is 2. The number of amides is 2. The number of anilines is 1. The minimum Gasteiger partial charge on any atom is -0.355 e. The van der Waals surface area contributed by atoms with Crippen LogP contribution in [-0.4, -0.2) is 32.0 Å². The molecule has 1 aliphatic carbocycles. The molecule has 5 nitrogen and oxygen atoms in total. The van der Waals surface area contributed by atoms with Gasteiger partial charge in [0.2, 0.25) is 5.91 Å². The second-order valence-corrected chi connectivity index (χ2v) is 4.75. The van der Waals surface area contributed by atoms with E-state index in [9.17, 15) is 9.59 Å². The zero-order valence-electron chi connectivity index (χ0n) is 11.4. The third kappa shape index (κ3) is 4.83. The maximum atomic E-state index is 11.8. The predicted molar refractivity (Wildman–Crippen MR) is 81.3 cm³/mol. The largest absolute Gasteiger partial charge is 0.355 e. The fourth-order valence-corrected chi connectivity index (χ4v) is 1.83. The van der Waals surface area contributed by atoms with Crippen molar-refractivity contribution in [3.05, 3.63) is 29.8 Å². The Bertz CT molecular complexity index is 475. The Balaban J connectivity index is 0.00000200. The first kappa shape index (κ1) is 16.5. The van der Waals surface area contributed by atoms with E-state index in [4.69, 9.17) is 0 Å². The van der Waals surface area contributed by atoms with E-state index in [1.54, 1.807) is 31.3 Å². The fraction of sp³-hybridized carbons (Fsp3) is 0.429. The Labute approximate surface area is 124 Å². The fourth-order valence-electron chi connectivity index (χ4n) is 1.83. The summed E-state index contributed by atoms with van der Waals surface area (Å²) in [6.45, 7) is 1.17. The van der Waals surface area contributed by atoms with Gasteiger partial charge in [-0.3, -0.25) is 9.59 Å². The van der Waals surface area contributed by atoms with Crippen LogP contribution < -0.4 is 16.0 Å². The Hall–Kier alpha value is -1.59.